The van der Waals surface area contributed by atoms with Gasteiger partial charge in [0.15, 0.2) is 0 Å². The minimum atomic E-state index is -0.914. The van der Waals surface area contributed by atoms with E-state index in [1.807, 2.05) is 0 Å². The lowest BCUT2D eigenvalue weighted by molar-refractivity contribution is -0.122. The summed E-state index contributed by atoms with van der Waals surface area (Å²) in [5.41, 5.74) is 0.311. The molecule has 1 heterocycles. The minimum Gasteiger partial charge on any atom is -0.326 e. The van der Waals surface area contributed by atoms with Crippen molar-refractivity contribution in [2.45, 2.75) is 0 Å². The Balaban J connectivity index is 1.45. The van der Waals surface area contributed by atoms with Crippen molar-refractivity contribution < 1.29 is 18.4 Å². The molecule has 2 N–H and O–H groups in total. The van der Waals surface area contributed by atoms with E-state index in [4.69, 9.17) is 11.6 Å². The summed E-state index contributed by atoms with van der Waals surface area (Å²) in [5, 5.41) is 5.55. The number of pyridine rings is 1. The van der Waals surface area contributed by atoms with Crippen LogP contribution in [-0.2, 0) is 9.59 Å². The van der Waals surface area contributed by atoms with Gasteiger partial charge in [-0.05, 0) is 42.5 Å². The number of alkyl halides is 1. The molecular formula is C23H18ClF2N3O3. The molecule has 0 spiro atoms. The Morgan fingerprint density at radius 1 is 0.969 bits per heavy atom. The van der Waals surface area contributed by atoms with Crippen LogP contribution in [0.25, 0.3) is 5.69 Å². The zero-order valence-electron chi connectivity index (χ0n) is 16.6. The molecule has 164 valence electrons. The highest BCUT2D eigenvalue weighted by atomic mass is 35.5. The molecule has 2 amide bonds. The molecule has 3 aromatic rings. The fourth-order valence-corrected chi connectivity index (χ4v) is 3.78. The van der Waals surface area contributed by atoms with Gasteiger partial charge in [0.05, 0.1) is 29.9 Å². The van der Waals surface area contributed by atoms with Gasteiger partial charge in [0, 0.05) is 35.0 Å². The molecule has 9 heteroatoms. The van der Waals surface area contributed by atoms with Gasteiger partial charge >= 0.3 is 0 Å². The minimum absolute atomic E-state index is 0.121. The molecule has 0 unspecified atom stereocenters. The topological polar surface area (TPSA) is 80.2 Å². The van der Waals surface area contributed by atoms with Crippen LogP contribution in [-0.4, -0.2) is 23.1 Å². The number of amides is 2. The third-order valence-corrected chi connectivity index (χ3v) is 5.63. The number of nitrogens with zero attached hydrogens (tertiary/aromatic N) is 1. The van der Waals surface area contributed by atoms with Gasteiger partial charge in [0.25, 0.3) is 5.56 Å². The van der Waals surface area contributed by atoms with Gasteiger partial charge in [-0.3, -0.25) is 23.3 Å². The second kappa shape index (κ2) is 8.92. The molecule has 2 aromatic carbocycles. The first-order valence-electron chi connectivity index (χ1n) is 9.80. The van der Waals surface area contributed by atoms with Crippen molar-refractivity contribution in [2.24, 2.45) is 17.8 Å². The Morgan fingerprint density at radius 3 is 2.28 bits per heavy atom. The number of aromatic nitrogens is 1. The van der Waals surface area contributed by atoms with E-state index in [9.17, 15) is 23.2 Å². The average molecular weight is 458 g/mol. The number of hydrogen-bond acceptors (Lipinski definition) is 3. The Morgan fingerprint density at radius 2 is 1.66 bits per heavy atom. The summed E-state index contributed by atoms with van der Waals surface area (Å²) < 4.78 is 29.2. The van der Waals surface area contributed by atoms with E-state index in [0.717, 1.165) is 6.07 Å². The fourth-order valence-electron chi connectivity index (χ4n) is 3.65. The maximum atomic E-state index is 14.6. The SMILES string of the molecule is O=C(Nc1ccc(-n2ccccc2=O)cc1F)[C@@H]1[C@@H](CF)[C@@H]1C(=O)Nc1ccc(Cl)cc1. The first-order chi connectivity index (χ1) is 15.4. The predicted molar refractivity (Wildman–Crippen MR) is 117 cm³/mol. The Hall–Kier alpha value is -3.52. The molecule has 1 aromatic heterocycles. The molecule has 32 heavy (non-hydrogen) atoms. The van der Waals surface area contributed by atoms with E-state index in [0.29, 0.717) is 16.4 Å². The number of carbonyl (C=O) groups is 2. The molecule has 0 bridgehead atoms. The molecule has 4 rings (SSSR count). The molecule has 1 aliphatic carbocycles. The van der Waals surface area contributed by atoms with Crippen LogP contribution in [0.15, 0.2) is 71.7 Å². The number of carbonyl (C=O) groups excluding carboxylic acids is 2. The summed E-state index contributed by atoms with van der Waals surface area (Å²) >= 11 is 5.81. The summed E-state index contributed by atoms with van der Waals surface area (Å²) in [4.78, 5) is 37.0. The van der Waals surface area contributed by atoms with Crippen molar-refractivity contribution in [3.8, 4) is 5.69 Å². The zero-order valence-corrected chi connectivity index (χ0v) is 17.4. The molecule has 0 radical (unpaired) electrons. The van der Waals surface area contributed by atoms with Gasteiger partial charge in [0.2, 0.25) is 11.8 Å². The van der Waals surface area contributed by atoms with E-state index >= 15 is 0 Å². The van der Waals surface area contributed by atoms with Crippen LogP contribution in [0.1, 0.15) is 0 Å². The number of anilines is 2. The number of rotatable bonds is 6. The van der Waals surface area contributed by atoms with Gasteiger partial charge in [-0.2, -0.15) is 0 Å². The van der Waals surface area contributed by atoms with Crippen molar-refractivity contribution in [3.63, 3.8) is 0 Å². The average Bonchev–Trinajstić information content (AvgIpc) is 3.52. The number of benzene rings is 2. The van der Waals surface area contributed by atoms with Crippen LogP contribution in [0, 0.1) is 23.6 Å². The Bertz CT molecular complexity index is 1230. The molecule has 6 nitrogen and oxygen atoms in total. The lowest BCUT2D eigenvalue weighted by Gasteiger charge is -2.10. The van der Waals surface area contributed by atoms with Gasteiger partial charge in [-0.15, -0.1) is 0 Å². The van der Waals surface area contributed by atoms with Crippen LogP contribution in [0.5, 0.6) is 0 Å². The van der Waals surface area contributed by atoms with Crippen LogP contribution in [0.2, 0.25) is 5.02 Å². The van der Waals surface area contributed by atoms with Crippen LogP contribution in [0.4, 0.5) is 20.2 Å². The molecular weight excluding hydrogens is 440 g/mol. The van der Waals surface area contributed by atoms with Crippen molar-refractivity contribution in [3.05, 3.63) is 88.1 Å². The first kappa shape index (κ1) is 21.7. The van der Waals surface area contributed by atoms with Crippen LogP contribution >= 0.6 is 11.6 Å². The summed E-state index contributed by atoms with van der Waals surface area (Å²) in [6.07, 6.45) is 1.50. The molecule has 0 aliphatic heterocycles. The highest BCUT2D eigenvalue weighted by molar-refractivity contribution is 6.30. The maximum absolute atomic E-state index is 14.6. The summed E-state index contributed by atoms with van der Waals surface area (Å²) in [7, 11) is 0. The monoisotopic (exact) mass is 457 g/mol. The second-order valence-corrected chi connectivity index (χ2v) is 7.86. The van der Waals surface area contributed by atoms with Crippen molar-refractivity contribution in [1.82, 2.24) is 4.57 Å². The third-order valence-electron chi connectivity index (χ3n) is 5.38. The maximum Gasteiger partial charge on any atom is 0.255 e. The third kappa shape index (κ3) is 4.40. The summed E-state index contributed by atoms with van der Waals surface area (Å²) in [5.74, 6) is -4.45. The lowest BCUT2D eigenvalue weighted by atomic mass is 10.2. The van der Waals surface area contributed by atoms with Gasteiger partial charge in [0.1, 0.15) is 5.82 Å². The highest BCUT2D eigenvalue weighted by Gasteiger charge is 2.59. The van der Waals surface area contributed by atoms with E-state index in [1.54, 1.807) is 36.4 Å². The number of hydrogen-bond donors (Lipinski definition) is 2. The summed E-state index contributed by atoms with van der Waals surface area (Å²) in [6.45, 7) is -0.852. The highest BCUT2D eigenvalue weighted by Crippen LogP contribution is 2.48. The molecule has 1 aliphatic rings. The van der Waals surface area contributed by atoms with E-state index < -0.39 is 42.1 Å². The fraction of sp³-hybridized carbons (Fsp3) is 0.174. The molecule has 3 atom stereocenters. The van der Waals surface area contributed by atoms with Gasteiger partial charge in [-0.1, -0.05) is 17.7 Å². The van der Waals surface area contributed by atoms with Gasteiger partial charge < -0.3 is 10.6 Å². The molecule has 1 fully saturated rings. The summed E-state index contributed by atoms with van der Waals surface area (Å²) in [6, 6.07) is 14.8. The lowest BCUT2D eigenvalue weighted by Crippen LogP contribution is -2.21. The quantitative estimate of drug-likeness (QED) is 0.586. The largest absolute Gasteiger partial charge is 0.326 e. The first-order valence-corrected chi connectivity index (χ1v) is 10.2. The number of nitrogens with one attached hydrogen (secondary N) is 2. The smallest absolute Gasteiger partial charge is 0.255 e. The van der Waals surface area contributed by atoms with Gasteiger partial charge in [-0.25, -0.2) is 4.39 Å². The predicted octanol–water partition coefficient (Wildman–Crippen LogP) is 4.04. The van der Waals surface area contributed by atoms with Crippen LogP contribution < -0.4 is 16.2 Å². The number of halogens is 3. The molecule has 0 saturated heterocycles. The Labute approximate surface area is 186 Å². The zero-order chi connectivity index (χ0) is 22.8. The van der Waals surface area contributed by atoms with Crippen molar-refractivity contribution in [1.29, 1.82) is 0 Å². The van der Waals surface area contributed by atoms with Crippen LogP contribution in [0.3, 0.4) is 0 Å². The normalized spacial score (nSPS) is 19.3. The van der Waals surface area contributed by atoms with E-state index in [-0.39, 0.29) is 11.2 Å². The standard InChI is InChI=1S/C23H18ClF2N3O3/c24-13-4-6-14(7-5-13)27-22(31)20-16(12-25)21(20)23(32)28-18-9-8-15(11-17(18)26)29-10-2-1-3-19(29)30/h1-11,16,20-21H,12H2,(H,27,31)(H,28,32)/t16-,20-,21+/m0/s1. The van der Waals surface area contributed by atoms with Crippen molar-refractivity contribution >= 4 is 34.8 Å². The van der Waals surface area contributed by atoms with Crippen molar-refractivity contribution in [2.75, 3.05) is 17.3 Å². The second-order valence-electron chi connectivity index (χ2n) is 7.43. The van der Waals surface area contributed by atoms with E-state index in [1.165, 1.54) is 29.0 Å². The Kier molecular flexibility index (Phi) is 6.05. The van der Waals surface area contributed by atoms with E-state index in [2.05, 4.69) is 10.6 Å². The molecule has 1 saturated carbocycles.